The SMILES string of the molecule is Cc1ccsc1C(=O)NC(C)(CCl)c1ccccc1. The zero-order chi connectivity index (χ0) is 13.9. The normalized spacial score (nSPS) is 13.8. The van der Waals surface area contributed by atoms with Gasteiger partial charge in [0.05, 0.1) is 10.4 Å². The standard InChI is InChI=1S/C15H16ClNOS/c1-11-8-9-19-13(11)14(18)17-15(2,10-16)12-6-4-3-5-7-12/h3-9H,10H2,1-2H3,(H,17,18). The van der Waals surface area contributed by atoms with Crippen LogP contribution in [0.5, 0.6) is 0 Å². The van der Waals surface area contributed by atoms with Crippen molar-refractivity contribution < 1.29 is 4.79 Å². The first kappa shape index (κ1) is 14.1. The molecule has 1 atom stereocenters. The van der Waals surface area contributed by atoms with Crippen molar-refractivity contribution in [2.45, 2.75) is 19.4 Å². The molecule has 2 aromatic rings. The van der Waals surface area contributed by atoms with Crippen LogP contribution in [0, 0.1) is 6.92 Å². The van der Waals surface area contributed by atoms with Crippen molar-refractivity contribution in [1.29, 1.82) is 0 Å². The number of aryl methyl sites for hydroxylation is 1. The van der Waals surface area contributed by atoms with Crippen LogP contribution in [0.2, 0.25) is 0 Å². The van der Waals surface area contributed by atoms with Crippen LogP contribution in [0.15, 0.2) is 41.8 Å². The predicted molar refractivity (Wildman–Crippen MR) is 81.0 cm³/mol. The van der Waals surface area contributed by atoms with E-state index in [1.54, 1.807) is 0 Å². The Bertz CT molecular complexity index is 567. The lowest BCUT2D eigenvalue weighted by Gasteiger charge is -2.29. The Morgan fingerprint density at radius 3 is 2.53 bits per heavy atom. The highest BCUT2D eigenvalue weighted by Crippen LogP contribution is 2.24. The molecule has 1 unspecified atom stereocenters. The van der Waals surface area contributed by atoms with Crippen molar-refractivity contribution in [1.82, 2.24) is 5.32 Å². The molecule has 2 rings (SSSR count). The molecule has 19 heavy (non-hydrogen) atoms. The predicted octanol–water partition coefficient (Wildman–Crippen LogP) is 3.94. The molecule has 0 spiro atoms. The molecule has 4 heteroatoms. The first-order chi connectivity index (χ1) is 9.07. The van der Waals surface area contributed by atoms with Gasteiger partial charge in [0, 0.05) is 5.88 Å². The average Bonchev–Trinajstić information content (AvgIpc) is 2.86. The summed E-state index contributed by atoms with van der Waals surface area (Å²) in [4.78, 5) is 13.1. The second kappa shape index (κ2) is 5.76. The van der Waals surface area contributed by atoms with Gasteiger partial charge in [-0.2, -0.15) is 0 Å². The molecular formula is C15H16ClNOS. The number of alkyl halides is 1. The van der Waals surface area contributed by atoms with Gasteiger partial charge in [0.15, 0.2) is 0 Å². The Morgan fingerprint density at radius 1 is 1.32 bits per heavy atom. The number of hydrogen-bond donors (Lipinski definition) is 1. The fourth-order valence-electron chi connectivity index (χ4n) is 1.90. The third kappa shape index (κ3) is 2.99. The molecule has 0 fully saturated rings. The number of hydrogen-bond acceptors (Lipinski definition) is 2. The molecule has 0 bridgehead atoms. The lowest BCUT2D eigenvalue weighted by Crippen LogP contribution is -2.45. The van der Waals surface area contributed by atoms with Gasteiger partial charge in [-0.05, 0) is 36.4 Å². The highest BCUT2D eigenvalue weighted by molar-refractivity contribution is 7.12. The number of amides is 1. The van der Waals surface area contributed by atoms with Gasteiger partial charge in [0.25, 0.3) is 5.91 Å². The zero-order valence-electron chi connectivity index (χ0n) is 10.9. The summed E-state index contributed by atoms with van der Waals surface area (Å²) in [5.74, 6) is 0.257. The maximum atomic E-state index is 12.3. The van der Waals surface area contributed by atoms with Crippen LogP contribution in [0.3, 0.4) is 0 Å². The minimum Gasteiger partial charge on any atom is -0.341 e. The van der Waals surface area contributed by atoms with Crippen molar-refractivity contribution in [3.63, 3.8) is 0 Å². The van der Waals surface area contributed by atoms with E-state index >= 15 is 0 Å². The van der Waals surface area contributed by atoms with Gasteiger partial charge in [-0.15, -0.1) is 22.9 Å². The Balaban J connectivity index is 2.25. The van der Waals surface area contributed by atoms with E-state index in [9.17, 15) is 4.79 Å². The molecule has 0 aliphatic carbocycles. The molecular weight excluding hydrogens is 278 g/mol. The van der Waals surface area contributed by atoms with E-state index in [-0.39, 0.29) is 5.91 Å². The Labute approximate surface area is 122 Å². The molecule has 0 saturated carbocycles. The third-order valence-electron chi connectivity index (χ3n) is 3.14. The lowest BCUT2D eigenvalue weighted by molar-refractivity contribution is 0.0917. The van der Waals surface area contributed by atoms with Gasteiger partial charge in [-0.3, -0.25) is 4.79 Å². The highest BCUT2D eigenvalue weighted by Gasteiger charge is 2.28. The van der Waals surface area contributed by atoms with Crippen molar-refractivity contribution in [3.05, 3.63) is 57.8 Å². The van der Waals surface area contributed by atoms with E-state index in [1.165, 1.54) is 11.3 Å². The van der Waals surface area contributed by atoms with Gasteiger partial charge in [0.1, 0.15) is 0 Å². The summed E-state index contributed by atoms with van der Waals surface area (Å²) in [5.41, 5.74) is 1.44. The van der Waals surface area contributed by atoms with Gasteiger partial charge in [-0.1, -0.05) is 30.3 Å². The Kier molecular flexibility index (Phi) is 4.27. The number of nitrogens with one attached hydrogen (secondary N) is 1. The molecule has 100 valence electrons. The fourth-order valence-corrected chi connectivity index (χ4v) is 2.94. The third-order valence-corrected chi connectivity index (χ3v) is 4.69. The molecule has 0 aliphatic rings. The van der Waals surface area contributed by atoms with Gasteiger partial charge in [0.2, 0.25) is 0 Å². The first-order valence-electron chi connectivity index (χ1n) is 6.05. The molecule has 1 aromatic heterocycles. The van der Waals surface area contributed by atoms with Gasteiger partial charge >= 0.3 is 0 Å². The smallest absolute Gasteiger partial charge is 0.262 e. The van der Waals surface area contributed by atoms with Gasteiger partial charge < -0.3 is 5.32 Å². The molecule has 0 saturated heterocycles. The Hall–Kier alpha value is -1.32. The lowest BCUT2D eigenvalue weighted by atomic mass is 9.94. The molecule has 1 heterocycles. The summed E-state index contributed by atoms with van der Waals surface area (Å²) in [6, 6.07) is 11.7. The second-order valence-corrected chi connectivity index (χ2v) is 5.90. The quantitative estimate of drug-likeness (QED) is 0.850. The van der Waals surface area contributed by atoms with E-state index in [1.807, 2.05) is 55.6 Å². The molecule has 2 nitrogen and oxygen atoms in total. The summed E-state index contributed by atoms with van der Waals surface area (Å²) in [6.07, 6.45) is 0. The van der Waals surface area contributed by atoms with E-state index in [4.69, 9.17) is 11.6 Å². The van der Waals surface area contributed by atoms with Crippen molar-refractivity contribution in [2.75, 3.05) is 5.88 Å². The number of carbonyl (C=O) groups excluding carboxylic acids is 1. The van der Waals surface area contributed by atoms with Crippen molar-refractivity contribution in [2.24, 2.45) is 0 Å². The summed E-state index contributed by atoms with van der Waals surface area (Å²) in [5, 5.41) is 4.96. The van der Waals surface area contributed by atoms with Crippen LogP contribution in [0.25, 0.3) is 0 Å². The maximum Gasteiger partial charge on any atom is 0.262 e. The minimum absolute atomic E-state index is 0.0699. The van der Waals surface area contributed by atoms with Crippen LogP contribution in [0.4, 0.5) is 0 Å². The van der Waals surface area contributed by atoms with E-state index < -0.39 is 5.54 Å². The van der Waals surface area contributed by atoms with Crippen molar-refractivity contribution in [3.8, 4) is 0 Å². The van der Waals surface area contributed by atoms with Gasteiger partial charge in [-0.25, -0.2) is 0 Å². The number of rotatable bonds is 4. The van der Waals surface area contributed by atoms with Crippen molar-refractivity contribution >= 4 is 28.8 Å². The molecule has 1 aromatic carbocycles. The number of halogens is 1. The van der Waals surface area contributed by atoms with E-state index in [0.717, 1.165) is 16.0 Å². The number of carbonyl (C=O) groups is 1. The molecule has 0 aliphatic heterocycles. The topological polar surface area (TPSA) is 29.1 Å². The summed E-state index contributed by atoms with van der Waals surface area (Å²) in [6.45, 7) is 3.88. The maximum absolute atomic E-state index is 12.3. The summed E-state index contributed by atoms with van der Waals surface area (Å²) in [7, 11) is 0. The van der Waals surface area contributed by atoms with Crippen LogP contribution in [0.1, 0.15) is 27.7 Å². The number of thiophene rings is 1. The number of benzene rings is 1. The Morgan fingerprint density at radius 2 is 2.00 bits per heavy atom. The van der Waals surface area contributed by atoms with Crippen LogP contribution in [-0.2, 0) is 5.54 Å². The second-order valence-electron chi connectivity index (χ2n) is 4.72. The van der Waals surface area contributed by atoms with Crippen LogP contribution in [-0.4, -0.2) is 11.8 Å². The fraction of sp³-hybridized carbons (Fsp3) is 0.267. The average molecular weight is 294 g/mol. The minimum atomic E-state index is -0.559. The summed E-state index contributed by atoms with van der Waals surface area (Å²) >= 11 is 7.53. The monoisotopic (exact) mass is 293 g/mol. The largest absolute Gasteiger partial charge is 0.341 e. The molecule has 1 amide bonds. The van der Waals surface area contributed by atoms with E-state index in [0.29, 0.717) is 5.88 Å². The van der Waals surface area contributed by atoms with E-state index in [2.05, 4.69) is 5.32 Å². The molecule has 0 radical (unpaired) electrons. The summed E-state index contributed by atoms with van der Waals surface area (Å²) < 4.78 is 0. The first-order valence-corrected chi connectivity index (χ1v) is 7.46. The van der Waals surface area contributed by atoms with Crippen LogP contribution < -0.4 is 5.32 Å². The molecule has 1 N–H and O–H groups in total. The highest BCUT2D eigenvalue weighted by atomic mass is 35.5. The van der Waals surface area contributed by atoms with Crippen LogP contribution >= 0.6 is 22.9 Å². The zero-order valence-corrected chi connectivity index (χ0v) is 12.5.